The lowest BCUT2D eigenvalue weighted by atomic mass is 9.67. The van der Waals surface area contributed by atoms with Crippen LogP contribution >= 0.6 is 0 Å². The first-order valence-electron chi connectivity index (χ1n) is 6.68. The van der Waals surface area contributed by atoms with Crippen molar-refractivity contribution >= 4 is 17.5 Å². The lowest BCUT2D eigenvalue weighted by molar-refractivity contribution is -0.138. The highest BCUT2D eigenvalue weighted by Crippen LogP contribution is 2.49. The van der Waals surface area contributed by atoms with Crippen molar-refractivity contribution in [2.24, 2.45) is 11.3 Å². The fraction of sp³-hybridized carbons (Fsp3) is 0.467. The van der Waals surface area contributed by atoms with Gasteiger partial charge in [-0.25, -0.2) is 4.90 Å². The third kappa shape index (κ3) is 1.56. The van der Waals surface area contributed by atoms with Crippen LogP contribution in [0.1, 0.15) is 26.2 Å². The van der Waals surface area contributed by atoms with Crippen LogP contribution in [0.25, 0.3) is 0 Å². The molecule has 2 aliphatic rings. The van der Waals surface area contributed by atoms with Gasteiger partial charge in [0.2, 0.25) is 11.8 Å². The minimum atomic E-state index is -0.953. The number of imide groups is 1. The summed E-state index contributed by atoms with van der Waals surface area (Å²) >= 11 is 0. The number of benzene rings is 1. The van der Waals surface area contributed by atoms with E-state index in [-0.39, 0.29) is 17.7 Å². The quantitative estimate of drug-likeness (QED) is 0.781. The summed E-state index contributed by atoms with van der Waals surface area (Å²) in [5.74, 6) is -0.817. The SMILES string of the molecule is C[C@@]12C(=O)N(c3ccccc3)C(=O)[C@@H]1CCC[C@@H]2O. The van der Waals surface area contributed by atoms with Gasteiger partial charge in [0.1, 0.15) is 0 Å². The summed E-state index contributed by atoms with van der Waals surface area (Å²) in [7, 11) is 0. The van der Waals surface area contributed by atoms with Gasteiger partial charge >= 0.3 is 0 Å². The van der Waals surface area contributed by atoms with E-state index in [0.29, 0.717) is 18.5 Å². The number of nitrogens with zero attached hydrogens (tertiary/aromatic N) is 1. The molecule has 0 radical (unpaired) electrons. The van der Waals surface area contributed by atoms with Crippen molar-refractivity contribution in [3.05, 3.63) is 30.3 Å². The van der Waals surface area contributed by atoms with Gasteiger partial charge < -0.3 is 5.11 Å². The van der Waals surface area contributed by atoms with Crippen molar-refractivity contribution in [3.63, 3.8) is 0 Å². The number of rotatable bonds is 1. The highest BCUT2D eigenvalue weighted by Gasteiger charge is 2.61. The van der Waals surface area contributed by atoms with E-state index in [9.17, 15) is 14.7 Å². The Morgan fingerprint density at radius 2 is 1.89 bits per heavy atom. The van der Waals surface area contributed by atoms with E-state index in [0.717, 1.165) is 6.42 Å². The van der Waals surface area contributed by atoms with Gasteiger partial charge in [-0.1, -0.05) is 24.6 Å². The Balaban J connectivity index is 2.06. The Hall–Kier alpha value is -1.68. The minimum absolute atomic E-state index is 0.169. The highest BCUT2D eigenvalue weighted by molar-refractivity contribution is 6.23. The molecule has 0 bridgehead atoms. The smallest absolute Gasteiger partial charge is 0.243 e. The van der Waals surface area contributed by atoms with Gasteiger partial charge in [0.15, 0.2) is 0 Å². The molecule has 100 valence electrons. The minimum Gasteiger partial charge on any atom is -0.392 e. The van der Waals surface area contributed by atoms with Crippen molar-refractivity contribution in [3.8, 4) is 0 Å². The summed E-state index contributed by atoms with van der Waals surface area (Å²) in [5.41, 5.74) is -0.356. The molecular formula is C15H17NO3. The van der Waals surface area contributed by atoms with Crippen molar-refractivity contribution in [1.29, 1.82) is 0 Å². The first-order chi connectivity index (χ1) is 9.06. The Kier molecular flexibility index (Phi) is 2.71. The first kappa shape index (κ1) is 12.4. The zero-order valence-corrected chi connectivity index (χ0v) is 10.9. The third-order valence-electron chi connectivity index (χ3n) is 4.58. The van der Waals surface area contributed by atoms with Gasteiger partial charge in [0.05, 0.1) is 23.1 Å². The molecule has 3 rings (SSSR count). The number of anilines is 1. The molecule has 19 heavy (non-hydrogen) atoms. The van der Waals surface area contributed by atoms with Gasteiger partial charge in [-0.2, -0.15) is 0 Å². The second-order valence-corrected chi connectivity index (χ2v) is 5.60. The van der Waals surface area contributed by atoms with E-state index in [1.165, 1.54) is 4.90 Å². The van der Waals surface area contributed by atoms with Crippen LogP contribution in [0.5, 0.6) is 0 Å². The molecule has 1 aliphatic carbocycles. The van der Waals surface area contributed by atoms with Gasteiger partial charge in [-0.05, 0) is 31.9 Å². The number of aliphatic hydroxyl groups is 1. The van der Waals surface area contributed by atoms with Crippen molar-refractivity contribution in [2.75, 3.05) is 4.90 Å². The number of carbonyl (C=O) groups excluding carboxylic acids is 2. The fourth-order valence-electron chi connectivity index (χ4n) is 3.34. The third-order valence-corrected chi connectivity index (χ3v) is 4.58. The molecule has 1 N–H and O–H groups in total. The second-order valence-electron chi connectivity index (χ2n) is 5.60. The maximum atomic E-state index is 12.6. The predicted molar refractivity (Wildman–Crippen MR) is 70.4 cm³/mol. The van der Waals surface area contributed by atoms with E-state index in [1.54, 1.807) is 31.2 Å². The lowest BCUT2D eigenvalue weighted by Crippen LogP contribution is -2.46. The molecule has 1 saturated heterocycles. The van der Waals surface area contributed by atoms with Crippen LogP contribution in [0.15, 0.2) is 30.3 Å². The standard InChI is InChI=1S/C15H17NO3/c1-15-11(8-5-9-12(15)17)13(18)16(14(15)19)10-6-3-2-4-7-10/h2-4,6-7,11-12,17H,5,8-9H2,1H3/t11-,12-,15+/m0/s1. The van der Waals surface area contributed by atoms with E-state index in [4.69, 9.17) is 0 Å². The summed E-state index contributed by atoms with van der Waals surface area (Å²) in [6, 6.07) is 8.96. The number of hydrogen-bond acceptors (Lipinski definition) is 3. The maximum absolute atomic E-state index is 12.6. The van der Waals surface area contributed by atoms with Crippen LogP contribution in [0.2, 0.25) is 0 Å². The average molecular weight is 259 g/mol. The molecular weight excluding hydrogens is 242 g/mol. The van der Waals surface area contributed by atoms with Crippen molar-refractivity contribution < 1.29 is 14.7 Å². The van der Waals surface area contributed by atoms with Gasteiger partial charge in [0, 0.05) is 0 Å². The molecule has 1 aliphatic heterocycles. The van der Waals surface area contributed by atoms with Crippen LogP contribution < -0.4 is 4.90 Å². The number of hydrogen-bond donors (Lipinski definition) is 1. The van der Waals surface area contributed by atoms with Crippen molar-refractivity contribution in [1.82, 2.24) is 0 Å². The average Bonchev–Trinajstić information content (AvgIpc) is 2.62. The molecule has 3 atom stereocenters. The zero-order valence-electron chi connectivity index (χ0n) is 10.9. The molecule has 1 saturated carbocycles. The van der Waals surface area contributed by atoms with Crippen LogP contribution in [-0.2, 0) is 9.59 Å². The zero-order chi connectivity index (χ0) is 13.6. The van der Waals surface area contributed by atoms with Crippen LogP contribution in [-0.4, -0.2) is 23.0 Å². The second kappa shape index (κ2) is 4.17. The molecule has 1 aromatic rings. The van der Waals surface area contributed by atoms with Crippen molar-refractivity contribution in [2.45, 2.75) is 32.3 Å². The summed E-state index contributed by atoms with van der Waals surface area (Å²) in [6.07, 6.45) is 1.34. The molecule has 0 aromatic heterocycles. The number of aliphatic hydroxyl groups excluding tert-OH is 1. The Morgan fingerprint density at radius 3 is 2.53 bits per heavy atom. The van der Waals surface area contributed by atoms with Crippen LogP contribution in [0, 0.1) is 11.3 Å². The molecule has 1 heterocycles. The topological polar surface area (TPSA) is 57.6 Å². The Morgan fingerprint density at radius 1 is 1.21 bits per heavy atom. The largest absolute Gasteiger partial charge is 0.392 e. The van der Waals surface area contributed by atoms with Gasteiger partial charge in [-0.15, -0.1) is 0 Å². The highest BCUT2D eigenvalue weighted by atomic mass is 16.3. The molecule has 0 unspecified atom stereocenters. The number of carbonyl (C=O) groups is 2. The van der Waals surface area contributed by atoms with Crippen LogP contribution in [0.3, 0.4) is 0 Å². The predicted octanol–water partition coefficient (Wildman–Crippen LogP) is 1.73. The fourth-order valence-corrected chi connectivity index (χ4v) is 3.34. The first-order valence-corrected chi connectivity index (χ1v) is 6.68. The van der Waals surface area contributed by atoms with E-state index in [1.807, 2.05) is 6.07 Å². The normalized spacial score (nSPS) is 34.5. The monoisotopic (exact) mass is 259 g/mol. The number of fused-ring (bicyclic) bond motifs is 1. The number of amides is 2. The van der Waals surface area contributed by atoms with E-state index < -0.39 is 11.5 Å². The molecule has 4 nitrogen and oxygen atoms in total. The van der Waals surface area contributed by atoms with Gasteiger partial charge in [-0.3, -0.25) is 9.59 Å². The molecule has 1 aromatic carbocycles. The summed E-state index contributed by atoms with van der Waals surface area (Å²) in [5, 5.41) is 10.2. The summed E-state index contributed by atoms with van der Waals surface area (Å²) < 4.78 is 0. The lowest BCUT2D eigenvalue weighted by Gasteiger charge is -2.36. The van der Waals surface area contributed by atoms with Gasteiger partial charge in [0.25, 0.3) is 0 Å². The molecule has 4 heteroatoms. The van der Waals surface area contributed by atoms with E-state index >= 15 is 0 Å². The maximum Gasteiger partial charge on any atom is 0.243 e. The molecule has 2 fully saturated rings. The summed E-state index contributed by atoms with van der Waals surface area (Å²) in [4.78, 5) is 26.4. The van der Waals surface area contributed by atoms with Crippen LogP contribution in [0.4, 0.5) is 5.69 Å². The Labute approximate surface area is 112 Å². The van der Waals surface area contributed by atoms with E-state index in [2.05, 4.69) is 0 Å². The molecule has 2 amide bonds. The molecule has 0 spiro atoms. The number of para-hydroxylation sites is 1. The summed E-state index contributed by atoms with van der Waals surface area (Å²) in [6.45, 7) is 1.73. The Bertz CT molecular complexity index is 527.